The van der Waals surface area contributed by atoms with E-state index in [4.69, 9.17) is 4.74 Å². The van der Waals surface area contributed by atoms with Crippen LogP contribution < -0.4 is 15.0 Å². The summed E-state index contributed by atoms with van der Waals surface area (Å²) in [4.78, 5) is 22.5. The number of piperidine rings is 1. The lowest BCUT2D eigenvalue weighted by molar-refractivity contribution is 0.0883. The number of anilines is 1. The Labute approximate surface area is 198 Å². The maximum atomic E-state index is 13.3. The van der Waals surface area contributed by atoms with Gasteiger partial charge in [-0.05, 0) is 76.2 Å². The summed E-state index contributed by atoms with van der Waals surface area (Å²) in [5, 5.41) is 3.30. The van der Waals surface area contributed by atoms with Crippen molar-refractivity contribution in [2.75, 3.05) is 31.1 Å². The molecule has 1 N–H and O–H groups in total. The highest BCUT2D eigenvalue weighted by Gasteiger charge is 2.30. The van der Waals surface area contributed by atoms with Crippen LogP contribution >= 0.6 is 0 Å². The molecule has 0 aromatic heterocycles. The van der Waals surface area contributed by atoms with Gasteiger partial charge < -0.3 is 19.9 Å². The van der Waals surface area contributed by atoms with Gasteiger partial charge in [0, 0.05) is 18.3 Å². The van der Waals surface area contributed by atoms with Crippen LogP contribution in [0.15, 0.2) is 48.1 Å². The fourth-order valence-electron chi connectivity index (χ4n) is 5.32. The minimum Gasteiger partial charge on any atom is -0.489 e. The van der Waals surface area contributed by atoms with E-state index in [9.17, 15) is 4.79 Å². The molecule has 1 saturated heterocycles. The lowest BCUT2D eigenvalue weighted by Gasteiger charge is -2.39. The highest BCUT2D eigenvalue weighted by Crippen LogP contribution is 2.36. The van der Waals surface area contributed by atoms with Crippen molar-refractivity contribution in [3.63, 3.8) is 0 Å². The standard InChI is InChI=1S/C27H38N4O2/c1-3-5-12-25(28-4-2)31-19-20-33-26-23(10-9-11-24(26)31)27(32)29-21-13-15-22(16-14-21)30-17-7-6-8-18-30/h4-5,9-12,21-22H,2-3,6-8,13-20H2,1H3,(H,29,32)/b12-5-,28-25?. The fraction of sp³-hybridized carbons (Fsp3) is 0.556. The number of allylic oxidation sites excluding steroid dienone is 1. The highest BCUT2D eigenvalue weighted by atomic mass is 16.5. The molecule has 2 aliphatic heterocycles. The molecule has 0 radical (unpaired) electrons. The Balaban J connectivity index is 1.43. The predicted molar refractivity (Wildman–Crippen MR) is 135 cm³/mol. The summed E-state index contributed by atoms with van der Waals surface area (Å²) in [6.45, 7) is 9.53. The Morgan fingerprint density at radius 1 is 1.18 bits per heavy atom. The van der Waals surface area contributed by atoms with Gasteiger partial charge in [-0.2, -0.15) is 0 Å². The molecule has 6 heteroatoms. The smallest absolute Gasteiger partial charge is 0.255 e. The Morgan fingerprint density at radius 3 is 2.70 bits per heavy atom. The average Bonchev–Trinajstić information content (AvgIpc) is 2.87. The van der Waals surface area contributed by atoms with Crippen LogP contribution in [0.5, 0.6) is 5.75 Å². The minimum atomic E-state index is -0.0403. The topological polar surface area (TPSA) is 57.2 Å². The van der Waals surface area contributed by atoms with Crippen LogP contribution in [0, 0.1) is 0 Å². The van der Waals surface area contributed by atoms with Gasteiger partial charge in [0.2, 0.25) is 0 Å². The Hall–Kier alpha value is -2.60. The second-order valence-corrected chi connectivity index (χ2v) is 9.21. The number of para-hydroxylation sites is 1. The monoisotopic (exact) mass is 450 g/mol. The van der Waals surface area contributed by atoms with E-state index in [1.54, 1.807) is 6.20 Å². The molecule has 33 heavy (non-hydrogen) atoms. The number of amidine groups is 1. The minimum absolute atomic E-state index is 0.0403. The van der Waals surface area contributed by atoms with Crippen LogP contribution in [0.25, 0.3) is 0 Å². The molecule has 2 heterocycles. The number of likely N-dealkylation sites (tertiary alicyclic amines) is 1. The number of hydrogen-bond acceptors (Lipinski definition) is 4. The molecule has 1 aromatic rings. The van der Waals surface area contributed by atoms with Crippen molar-refractivity contribution in [2.24, 2.45) is 4.99 Å². The lowest BCUT2D eigenvalue weighted by Crippen LogP contribution is -2.45. The number of ether oxygens (including phenoxy) is 1. The van der Waals surface area contributed by atoms with E-state index in [2.05, 4.69) is 39.7 Å². The number of carbonyl (C=O) groups is 1. The predicted octanol–water partition coefficient (Wildman–Crippen LogP) is 4.92. The number of carbonyl (C=O) groups excluding carboxylic acids is 1. The van der Waals surface area contributed by atoms with Gasteiger partial charge in [0.25, 0.3) is 5.91 Å². The van der Waals surface area contributed by atoms with Crippen molar-refractivity contribution in [3.05, 3.63) is 48.7 Å². The largest absolute Gasteiger partial charge is 0.489 e. The van der Waals surface area contributed by atoms with Crippen LogP contribution in [0.3, 0.4) is 0 Å². The van der Waals surface area contributed by atoms with Gasteiger partial charge in [0.05, 0.1) is 17.8 Å². The van der Waals surface area contributed by atoms with Crippen molar-refractivity contribution in [2.45, 2.75) is 70.4 Å². The molecular formula is C27H38N4O2. The number of nitrogens with one attached hydrogen (secondary N) is 1. The maximum Gasteiger partial charge on any atom is 0.255 e. The zero-order valence-electron chi connectivity index (χ0n) is 20.0. The summed E-state index contributed by atoms with van der Waals surface area (Å²) in [6.07, 6.45) is 15.1. The maximum absolute atomic E-state index is 13.3. The quantitative estimate of drug-likeness (QED) is 0.494. The van der Waals surface area contributed by atoms with Gasteiger partial charge in [0.1, 0.15) is 12.4 Å². The van der Waals surface area contributed by atoms with Gasteiger partial charge in [-0.3, -0.25) is 4.79 Å². The first kappa shape index (κ1) is 23.6. The number of hydrogen-bond donors (Lipinski definition) is 1. The summed E-state index contributed by atoms with van der Waals surface area (Å²) < 4.78 is 6.01. The summed E-state index contributed by atoms with van der Waals surface area (Å²) >= 11 is 0. The SMILES string of the molecule is C=CN=C(/C=C\CC)N1CCOc2c(C(=O)NC3CCC(N4CCCCC4)CC3)cccc21. The molecule has 2 fully saturated rings. The van der Waals surface area contributed by atoms with Crippen molar-refractivity contribution in [1.29, 1.82) is 0 Å². The van der Waals surface area contributed by atoms with Crippen LogP contribution in [-0.4, -0.2) is 55.0 Å². The van der Waals surface area contributed by atoms with Gasteiger partial charge in [-0.25, -0.2) is 4.99 Å². The van der Waals surface area contributed by atoms with E-state index < -0.39 is 0 Å². The number of fused-ring (bicyclic) bond motifs is 1. The van der Waals surface area contributed by atoms with E-state index in [0.717, 1.165) is 30.8 Å². The number of amides is 1. The Kier molecular flexibility index (Phi) is 8.21. The number of benzene rings is 1. The zero-order valence-corrected chi connectivity index (χ0v) is 20.0. The third-order valence-electron chi connectivity index (χ3n) is 7.03. The van der Waals surface area contributed by atoms with Gasteiger partial charge in [-0.1, -0.05) is 32.1 Å². The van der Waals surface area contributed by atoms with E-state index >= 15 is 0 Å². The molecule has 1 aliphatic carbocycles. The molecule has 4 rings (SSSR count). The molecular weight excluding hydrogens is 412 g/mol. The normalized spacial score (nSPS) is 24.3. The Bertz CT molecular complexity index is 880. The molecule has 0 spiro atoms. The second kappa shape index (κ2) is 11.5. The zero-order chi connectivity index (χ0) is 23.0. The summed E-state index contributed by atoms with van der Waals surface area (Å²) in [6, 6.07) is 6.71. The third kappa shape index (κ3) is 5.67. The lowest BCUT2D eigenvalue weighted by atomic mass is 9.89. The van der Waals surface area contributed by atoms with Gasteiger partial charge in [-0.15, -0.1) is 0 Å². The van der Waals surface area contributed by atoms with Gasteiger partial charge in [0.15, 0.2) is 5.75 Å². The van der Waals surface area contributed by atoms with E-state index in [1.165, 1.54) is 45.2 Å². The molecule has 1 amide bonds. The molecule has 178 valence electrons. The molecule has 6 nitrogen and oxygen atoms in total. The first-order chi connectivity index (χ1) is 16.2. The molecule has 0 atom stereocenters. The van der Waals surface area contributed by atoms with Crippen molar-refractivity contribution >= 4 is 17.4 Å². The van der Waals surface area contributed by atoms with Crippen LogP contribution in [0.4, 0.5) is 5.69 Å². The summed E-state index contributed by atoms with van der Waals surface area (Å²) in [5.74, 6) is 1.41. The van der Waals surface area contributed by atoms with Crippen LogP contribution in [0.2, 0.25) is 0 Å². The number of rotatable bonds is 6. The summed E-state index contributed by atoms with van der Waals surface area (Å²) in [7, 11) is 0. The Morgan fingerprint density at radius 2 is 1.97 bits per heavy atom. The molecule has 1 saturated carbocycles. The third-order valence-corrected chi connectivity index (χ3v) is 7.03. The highest BCUT2D eigenvalue weighted by molar-refractivity contribution is 6.09. The van der Waals surface area contributed by atoms with Crippen LogP contribution in [0.1, 0.15) is 68.6 Å². The number of nitrogens with zero attached hydrogens (tertiary/aromatic N) is 3. The first-order valence-corrected chi connectivity index (χ1v) is 12.6. The fourth-order valence-corrected chi connectivity index (χ4v) is 5.32. The average molecular weight is 451 g/mol. The van der Waals surface area contributed by atoms with E-state index in [0.29, 0.717) is 30.5 Å². The second-order valence-electron chi connectivity index (χ2n) is 9.21. The molecule has 1 aromatic carbocycles. The number of aliphatic imine (C=N–C) groups is 1. The first-order valence-electron chi connectivity index (χ1n) is 12.6. The van der Waals surface area contributed by atoms with E-state index in [-0.39, 0.29) is 11.9 Å². The summed E-state index contributed by atoms with van der Waals surface area (Å²) in [5.41, 5.74) is 1.48. The van der Waals surface area contributed by atoms with Crippen molar-refractivity contribution in [3.8, 4) is 5.75 Å². The van der Waals surface area contributed by atoms with Gasteiger partial charge >= 0.3 is 0 Å². The molecule has 0 bridgehead atoms. The van der Waals surface area contributed by atoms with Crippen LogP contribution in [-0.2, 0) is 0 Å². The molecule has 3 aliphatic rings. The van der Waals surface area contributed by atoms with E-state index in [1.807, 2.05) is 24.3 Å². The van der Waals surface area contributed by atoms with Crippen molar-refractivity contribution < 1.29 is 9.53 Å². The van der Waals surface area contributed by atoms with Crippen molar-refractivity contribution in [1.82, 2.24) is 10.2 Å². The molecule has 0 unspecified atom stereocenters.